The van der Waals surface area contributed by atoms with Crippen molar-refractivity contribution < 1.29 is 5.11 Å². The fourth-order valence-corrected chi connectivity index (χ4v) is 4.03. The van der Waals surface area contributed by atoms with Crippen LogP contribution in [-0.4, -0.2) is 24.1 Å². The second-order valence-corrected chi connectivity index (χ2v) is 6.77. The standard InChI is InChI=1S/C20H25NO/c1-20(22)17-12-8-7-9-15(17)13-14-18(20)19(21(2)3)16-10-5-4-6-11-16/h4-12,18-19,22H,13-14H2,1-3H3/t18-,19-,20+/m0/s1. The number of hydrogen-bond acceptors (Lipinski definition) is 2. The van der Waals surface area contributed by atoms with Crippen LogP contribution >= 0.6 is 0 Å². The summed E-state index contributed by atoms with van der Waals surface area (Å²) in [6.45, 7) is 1.98. The second kappa shape index (κ2) is 5.86. The SMILES string of the molecule is CN(C)[C@@H](c1ccccc1)[C@@H]1CCc2ccccc2[C@@]1(C)O. The van der Waals surface area contributed by atoms with Crippen molar-refractivity contribution in [3.63, 3.8) is 0 Å². The monoisotopic (exact) mass is 295 g/mol. The van der Waals surface area contributed by atoms with Gasteiger partial charge >= 0.3 is 0 Å². The molecule has 1 N–H and O–H groups in total. The number of hydrogen-bond donors (Lipinski definition) is 1. The van der Waals surface area contributed by atoms with Crippen LogP contribution < -0.4 is 0 Å². The van der Waals surface area contributed by atoms with Crippen molar-refractivity contribution in [2.75, 3.05) is 14.1 Å². The van der Waals surface area contributed by atoms with E-state index in [-0.39, 0.29) is 12.0 Å². The first kappa shape index (κ1) is 15.3. The van der Waals surface area contributed by atoms with Gasteiger partial charge in [0.05, 0.1) is 5.60 Å². The summed E-state index contributed by atoms with van der Waals surface area (Å²) < 4.78 is 0. The highest BCUT2D eigenvalue weighted by atomic mass is 16.3. The highest BCUT2D eigenvalue weighted by Gasteiger charge is 2.43. The molecule has 1 aliphatic rings. The van der Waals surface area contributed by atoms with Crippen LogP contribution in [0.4, 0.5) is 0 Å². The lowest BCUT2D eigenvalue weighted by Crippen LogP contribution is -2.44. The summed E-state index contributed by atoms with van der Waals surface area (Å²) in [5.41, 5.74) is 2.85. The van der Waals surface area contributed by atoms with Crippen molar-refractivity contribution in [1.82, 2.24) is 4.90 Å². The molecule has 0 heterocycles. The molecule has 116 valence electrons. The zero-order valence-corrected chi connectivity index (χ0v) is 13.7. The summed E-state index contributed by atoms with van der Waals surface area (Å²) in [5.74, 6) is 0.180. The molecule has 2 aromatic rings. The highest BCUT2D eigenvalue weighted by Crippen LogP contribution is 2.46. The zero-order chi connectivity index (χ0) is 15.7. The molecule has 0 spiro atoms. The summed E-state index contributed by atoms with van der Waals surface area (Å²) in [6.07, 6.45) is 2.04. The zero-order valence-electron chi connectivity index (χ0n) is 13.7. The van der Waals surface area contributed by atoms with Gasteiger partial charge in [-0.05, 0) is 50.6 Å². The van der Waals surface area contributed by atoms with E-state index in [0.717, 1.165) is 18.4 Å². The molecule has 0 bridgehead atoms. The Kier molecular flexibility index (Phi) is 4.07. The molecular weight excluding hydrogens is 270 g/mol. The van der Waals surface area contributed by atoms with E-state index in [0.29, 0.717) is 0 Å². The molecule has 2 nitrogen and oxygen atoms in total. The van der Waals surface area contributed by atoms with Crippen LogP contribution in [0.2, 0.25) is 0 Å². The Hall–Kier alpha value is -1.64. The van der Waals surface area contributed by atoms with E-state index in [1.165, 1.54) is 11.1 Å². The number of rotatable bonds is 3. The maximum Gasteiger partial charge on any atom is 0.0917 e. The summed E-state index contributed by atoms with van der Waals surface area (Å²) in [7, 11) is 4.21. The van der Waals surface area contributed by atoms with Gasteiger partial charge in [-0.3, -0.25) is 0 Å². The number of aliphatic hydroxyl groups is 1. The van der Waals surface area contributed by atoms with Gasteiger partial charge in [-0.15, -0.1) is 0 Å². The Bertz CT molecular complexity index is 633. The molecule has 0 amide bonds. The van der Waals surface area contributed by atoms with Gasteiger partial charge in [-0.2, -0.15) is 0 Å². The van der Waals surface area contributed by atoms with Crippen molar-refractivity contribution in [2.45, 2.75) is 31.4 Å². The molecule has 0 aliphatic heterocycles. The molecule has 0 aromatic heterocycles. The van der Waals surface area contributed by atoms with Crippen LogP contribution in [-0.2, 0) is 12.0 Å². The number of nitrogens with zero attached hydrogens (tertiary/aromatic N) is 1. The van der Waals surface area contributed by atoms with Crippen LogP contribution in [0.5, 0.6) is 0 Å². The fraction of sp³-hybridized carbons (Fsp3) is 0.400. The normalized spacial score (nSPS) is 25.8. The molecule has 0 radical (unpaired) electrons. The molecule has 0 fully saturated rings. The third-order valence-corrected chi connectivity index (χ3v) is 5.09. The fourth-order valence-electron chi connectivity index (χ4n) is 4.03. The first-order valence-electron chi connectivity index (χ1n) is 8.04. The summed E-state index contributed by atoms with van der Waals surface area (Å²) in [5, 5.41) is 11.3. The molecule has 3 rings (SSSR count). The van der Waals surface area contributed by atoms with Gasteiger partial charge in [0, 0.05) is 12.0 Å². The minimum atomic E-state index is -0.806. The van der Waals surface area contributed by atoms with E-state index < -0.39 is 5.60 Å². The Morgan fingerprint density at radius 2 is 1.68 bits per heavy atom. The van der Waals surface area contributed by atoms with Crippen LogP contribution in [0, 0.1) is 5.92 Å². The van der Waals surface area contributed by atoms with Crippen molar-refractivity contribution in [3.05, 3.63) is 71.3 Å². The number of aryl methyl sites for hydroxylation is 1. The minimum Gasteiger partial charge on any atom is -0.385 e. The van der Waals surface area contributed by atoms with Crippen LogP contribution in [0.1, 0.15) is 36.1 Å². The quantitative estimate of drug-likeness (QED) is 0.932. The molecule has 0 saturated carbocycles. The Balaban J connectivity index is 2.03. The molecule has 2 aromatic carbocycles. The summed E-state index contributed by atoms with van der Waals surface area (Å²) in [4.78, 5) is 2.24. The lowest BCUT2D eigenvalue weighted by molar-refractivity contribution is -0.0517. The van der Waals surface area contributed by atoms with E-state index in [2.05, 4.69) is 61.5 Å². The lowest BCUT2D eigenvalue weighted by atomic mass is 9.68. The van der Waals surface area contributed by atoms with Gasteiger partial charge in [0.2, 0.25) is 0 Å². The first-order chi connectivity index (χ1) is 10.5. The Morgan fingerprint density at radius 3 is 2.36 bits per heavy atom. The predicted molar refractivity (Wildman–Crippen MR) is 90.7 cm³/mol. The Labute approximate surface area is 133 Å². The molecule has 0 saturated heterocycles. The average molecular weight is 295 g/mol. The topological polar surface area (TPSA) is 23.5 Å². The summed E-state index contributed by atoms with van der Waals surface area (Å²) in [6, 6.07) is 19.1. The summed E-state index contributed by atoms with van der Waals surface area (Å²) >= 11 is 0. The van der Waals surface area contributed by atoms with E-state index in [1.54, 1.807) is 0 Å². The smallest absolute Gasteiger partial charge is 0.0917 e. The molecule has 1 aliphatic carbocycles. The highest BCUT2D eigenvalue weighted by molar-refractivity contribution is 5.36. The van der Waals surface area contributed by atoms with Crippen molar-refractivity contribution >= 4 is 0 Å². The molecule has 2 heteroatoms. The minimum absolute atomic E-state index is 0.180. The van der Waals surface area contributed by atoms with Crippen LogP contribution in [0.15, 0.2) is 54.6 Å². The van der Waals surface area contributed by atoms with Crippen molar-refractivity contribution in [1.29, 1.82) is 0 Å². The van der Waals surface area contributed by atoms with Gasteiger partial charge in [-0.25, -0.2) is 0 Å². The molecule has 0 unspecified atom stereocenters. The number of fused-ring (bicyclic) bond motifs is 1. The maximum absolute atomic E-state index is 11.3. The molecular formula is C20H25NO. The second-order valence-electron chi connectivity index (χ2n) is 6.77. The van der Waals surface area contributed by atoms with Crippen LogP contribution in [0.25, 0.3) is 0 Å². The predicted octanol–water partition coefficient (Wildman–Crippen LogP) is 3.76. The van der Waals surface area contributed by atoms with E-state index in [4.69, 9.17) is 0 Å². The van der Waals surface area contributed by atoms with Gasteiger partial charge in [0.25, 0.3) is 0 Å². The average Bonchev–Trinajstić information content (AvgIpc) is 2.51. The van der Waals surface area contributed by atoms with Gasteiger partial charge in [0.15, 0.2) is 0 Å². The van der Waals surface area contributed by atoms with Gasteiger partial charge in [-0.1, -0.05) is 54.6 Å². The van der Waals surface area contributed by atoms with Crippen LogP contribution in [0.3, 0.4) is 0 Å². The lowest BCUT2D eigenvalue weighted by Gasteiger charge is -2.45. The maximum atomic E-state index is 11.3. The molecule has 22 heavy (non-hydrogen) atoms. The Morgan fingerprint density at radius 1 is 1.05 bits per heavy atom. The largest absolute Gasteiger partial charge is 0.385 e. The number of benzene rings is 2. The van der Waals surface area contributed by atoms with Gasteiger partial charge in [0.1, 0.15) is 0 Å². The first-order valence-corrected chi connectivity index (χ1v) is 8.04. The van der Waals surface area contributed by atoms with E-state index in [9.17, 15) is 5.11 Å². The van der Waals surface area contributed by atoms with Crippen molar-refractivity contribution in [3.8, 4) is 0 Å². The van der Waals surface area contributed by atoms with E-state index >= 15 is 0 Å². The third kappa shape index (κ3) is 2.57. The van der Waals surface area contributed by atoms with E-state index in [1.807, 2.05) is 19.1 Å². The third-order valence-electron chi connectivity index (χ3n) is 5.09. The van der Waals surface area contributed by atoms with Crippen molar-refractivity contribution in [2.24, 2.45) is 5.92 Å². The molecule has 3 atom stereocenters. The van der Waals surface area contributed by atoms with Gasteiger partial charge < -0.3 is 10.0 Å².